The van der Waals surface area contributed by atoms with E-state index in [1.165, 1.54) is 0 Å². The second-order valence-corrected chi connectivity index (χ2v) is 6.34. The molecular formula is C11H14BrNO3S. The van der Waals surface area contributed by atoms with Gasteiger partial charge >= 0.3 is 0 Å². The van der Waals surface area contributed by atoms with E-state index in [4.69, 9.17) is 0 Å². The Hall–Kier alpha value is -0.880. The molecule has 0 spiro atoms. The van der Waals surface area contributed by atoms with Gasteiger partial charge in [0.2, 0.25) is 5.91 Å². The first kappa shape index (κ1) is 14.2. The fourth-order valence-corrected chi connectivity index (χ4v) is 2.16. The lowest BCUT2D eigenvalue weighted by Crippen LogP contribution is -2.27. The number of carbonyl (C=O) groups excluding carboxylic acids is 1. The average Bonchev–Trinajstić information content (AvgIpc) is 2.27. The van der Waals surface area contributed by atoms with Gasteiger partial charge in [-0.15, -0.1) is 0 Å². The summed E-state index contributed by atoms with van der Waals surface area (Å²) in [5.41, 5.74) is 0.867. The van der Waals surface area contributed by atoms with E-state index in [9.17, 15) is 13.2 Å². The van der Waals surface area contributed by atoms with E-state index in [2.05, 4.69) is 21.2 Å². The van der Waals surface area contributed by atoms with Crippen LogP contribution in [0.4, 0.5) is 0 Å². The van der Waals surface area contributed by atoms with Crippen LogP contribution < -0.4 is 5.32 Å². The quantitative estimate of drug-likeness (QED) is 0.858. The summed E-state index contributed by atoms with van der Waals surface area (Å²) in [5, 5.41) is 3.02. The van der Waals surface area contributed by atoms with Crippen LogP contribution in [0.2, 0.25) is 0 Å². The third-order valence-electron chi connectivity index (χ3n) is 2.31. The number of carbonyl (C=O) groups is 1. The molecule has 94 valence electrons. The van der Waals surface area contributed by atoms with E-state index >= 15 is 0 Å². The van der Waals surface area contributed by atoms with Gasteiger partial charge in [0.15, 0.2) is 9.84 Å². The van der Waals surface area contributed by atoms with Crippen LogP contribution in [0.3, 0.4) is 0 Å². The van der Waals surface area contributed by atoms with Crippen LogP contribution in [0.1, 0.15) is 18.5 Å². The van der Waals surface area contributed by atoms with Gasteiger partial charge in [-0.1, -0.05) is 28.1 Å². The number of nitrogens with one attached hydrogen (secondary N) is 1. The van der Waals surface area contributed by atoms with Crippen molar-refractivity contribution in [1.29, 1.82) is 0 Å². The molecule has 1 rings (SSSR count). The zero-order valence-corrected chi connectivity index (χ0v) is 12.0. The lowest BCUT2D eigenvalue weighted by molar-refractivity contribution is -0.119. The predicted octanol–water partition coefficient (Wildman–Crippen LogP) is 1.66. The van der Waals surface area contributed by atoms with Crippen LogP contribution >= 0.6 is 15.9 Å². The van der Waals surface area contributed by atoms with Crippen molar-refractivity contribution in [2.45, 2.75) is 17.9 Å². The van der Waals surface area contributed by atoms with E-state index in [0.717, 1.165) is 11.8 Å². The van der Waals surface area contributed by atoms with Gasteiger partial charge in [-0.2, -0.15) is 0 Å². The van der Waals surface area contributed by atoms with Crippen molar-refractivity contribution in [3.8, 4) is 0 Å². The van der Waals surface area contributed by atoms with Crippen molar-refractivity contribution in [3.05, 3.63) is 29.8 Å². The fraction of sp³-hybridized carbons (Fsp3) is 0.364. The molecule has 0 fully saturated rings. The SMILES string of the molecule is CC(NC(=O)CBr)c1ccc(S(C)(=O)=O)cc1. The minimum Gasteiger partial charge on any atom is -0.349 e. The summed E-state index contributed by atoms with van der Waals surface area (Å²) in [6, 6.07) is 6.35. The number of amides is 1. The third kappa shape index (κ3) is 4.12. The number of benzene rings is 1. The van der Waals surface area contributed by atoms with Gasteiger partial charge in [0.1, 0.15) is 0 Å². The van der Waals surface area contributed by atoms with Crippen molar-refractivity contribution >= 4 is 31.7 Å². The van der Waals surface area contributed by atoms with Crippen LogP contribution in [0.25, 0.3) is 0 Å². The largest absolute Gasteiger partial charge is 0.349 e. The Balaban J connectivity index is 2.84. The molecule has 0 aliphatic carbocycles. The molecule has 1 aromatic carbocycles. The Labute approximate surface area is 109 Å². The van der Waals surface area contributed by atoms with E-state index < -0.39 is 9.84 Å². The Bertz CT molecular complexity index is 496. The molecule has 0 aliphatic heterocycles. The number of hydrogen-bond donors (Lipinski definition) is 1. The molecule has 1 amide bonds. The molecule has 1 unspecified atom stereocenters. The van der Waals surface area contributed by atoms with Crippen LogP contribution in [-0.4, -0.2) is 25.9 Å². The number of rotatable bonds is 4. The van der Waals surface area contributed by atoms with Crippen molar-refractivity contribution in [3.63, 3.8) is 0 Å². The van der Waals surface area contributed by atoms with Crippen LogP contribution in [0.15, 0.2) is 29.2 Å². The Morgan fingerprint density at radius 3 is 2.29 bits per heavy atom. The Morgan fingerprint density at radius 2 is 1.88 bits per heavy atom. The maximum absolute atomic E-state index is 11.3. The molecule has 1 N–H and O–H groups in total. The maximum Gasteiger partial charge on any atom is 0.231 e. The van der Waals surface area contributed by atoms with Crippen LogP contribution in [0.5, 0.6) is 0 Å². The third-order valence-corrected chi connectivity index (χ3v) is 3.94. The van der Waals surface area contributed by atoms with Crippen molar-refractivity contribution in [2.24, 2.45) is 0 Å². The summed E-state index contributed by atoms with van der Waals surface area (Å²) in [4.78, 5) is 11.4. The highest BCUT2D eigenvalue weighted by atomic mass is 79.9. The number of hydrogen-bond acceptors (Lipinski definition) is 3. The minimum absolute atomic E-state index is 0.107. The summed E-state index contributed by atoms with van der Waals surface area (Å²) in [5.74, 6) is -0.107. The molecular weight excluding hydrogens is 306 g/mol. The van der Waals surface area contributed by atoms with Crippen LogP contribution in [0, 0.1) is 0 Å². The number of alkyl halides is 1. The number of sulfone groups is 1. The molecule has 0 bridgehead atoms. The zero-order chi connectivity index (χ0) is 13.1. The molecule has 1 aromatic rings. The highest BCUT2D eigenvalue weighted by molar-refractivity contribution is 9.09. The smallest absolute Gasteiger partial charge is 0.231 e. The molecule has 0 saturated carbocycles. The van der Waals surface area contributed by atoms with E-state index in [1.54, 1.807) is 24.3 Å². The van der Waals surface area contributed by atoms with Crippen molar-refractivity contribution < 1.29 is 13.2 Å². The van der Waals surface area contributed by atoms with Crippen LogP contribution in [-0.2, 0) is 14.6 Å². The first-order valence-electron chi connectivity index (χ1n) is 5.00. The monoisotopic (exact) mass is 319 g/mol. The van der Waals surface area contributed by atoms with E-state index in [0.29, 0.717) is 0 Å². The summed E-state index contributed by atoms with van der Waals surface area (Å²) < 4.78 is 22.5. The second kappa shape index (κ2) is 5.64. The van der Waals surface area contributed by atoms with E-state index in [-0.39, 0.29) is 22.2 Å². The molecule has 1 atom stereocenters. The highest BCUT2D eigenvalue weighted by Gasteiger charge is 2.10. The summed E-state index contributed by atoms with van der Waals surface area (Å²) in [7, 11) is -3.17. The van der Waals surface area contributed by atoms with Gasteiger partial charge in [-0.3, -0.25) is 4.79 Å². The molecule has 6 heteroatoms. The van der Waals surface area contributed by atoms with Gasteiger partial charge in [-0.25, -0.2) is 8.42 Å². The highest BCUT2D eigenvalue weighted by Crippen LogP contribution is 2.16. The van der Waals surface area contributed by atoms with Gasteiger partial charge in [0.25, 0.3) is 0 Å². The van der Waals surface area contributed by atoms with E-state index in [1.807, 2.05) is 6.92 Å². The standard InChI is InChI=1S/C11H14BrNO3S/c1-8(13-11(14)7-12)9-3-5-10(6-4-9)17(2,15)16/h3-6,8H,7H2,1-2H3,(H,13,14). The predicted molar refractivity (Wildman–Crippen MR) is 69.9 cm³/mol. The molecule has 0 aliphatic rings. The van der Waals surface area contributed by atoms with Gasteiger partial charge in [-0.05, 0) is 24.6 Å². The summed E-state index contributed by atoms with van der Waals surface area (Å²) >= 11 is 3.06. The molecule has 4 nitrogen and oxygen atoms in total. The molecule has 17 heavy (non-hydrogen) atoms. The number of halogens is 1. The second-order valence-electron chi connectivity index (χ2n) is 3.76. The van der Waals surface area contributed by atoms with Gasteiger partial charge in [0, 0.05) is 6.26 Å². The molecule has 0 heterocycles. The topological polar surface area (TPSA) is 63.2 Å². The Kier molecular flexibility index (Phi) is 4.70. The molecule has 0 saturated heterocycles. The van der Waals surface area contributed by atoms with Crippen molar-refractivity contribution in [1.82, 2.24) is 5.32 Å². The van der Waals surface area contributed by atoms with Crippen molar-refractivity contribution in [2.75, 3.05) is 11.6 Å². The minimum atomic E-state index is -3.17. The lowest BCUT2D eigenvalue weighted by atomic mass is 10.1. The lowest BCUT2D eigenvalue weighted by Gasteiger charge is -2.13. The summed E-state index contributed by atoms with van der Waals surface area (Å²) in [6.45, 7) is 1.84. The maximum atomic E-state index is 11.3. The van der Waals surface area contributed by atoms with Gasteiger partial charge in [0.05, 0.1) is 16.3 Å². The Morgan fingerprint density at radius 1 is 1.35 bits per heavy atom. The zero-order valence-electron chi connectivity index (χ0n) is 9.60. The normalized spacial score (nSPS) is 13.1. The fourth-order valence-electron chi connectivity index (χ4n) is 1.37. The molecule has 0 aromatic heterocycles. The molecule has 0 radical (unpaired) electrons. The summed E-state index contributed by atoms with van der Waals surface area (Å²) in [6.07, 6.45) is 1.16. The first-order valence-corrected chi connectivity index (χ1v) is 8.01. The average molecular weight is 320 g/mol. The first-order chi connectivity index (χ1) is 7.84. The van der Waals surface area contributed by atoms with Gasteiger partial charge < -0.3 is 5.32 Å².